The molecule has 0 saturated carbocycles. The van der Waals surface area contributed by atoms with Gasteiger partial charge < -0.3 is 0 Å². The molecule has 13 heavy (non-hydrogen) atoms. The van der Waals surface area contributed by atoms with E-state index in [2.05, 4.69) is 0 Å². The van der Waals surface area contributed by atoms with E-state index in [0.29, 0.717) is 5.56 Å². The third-order valence-corrected chi connectivity index (χ3v) is 2.52. The maximum Gasteiger partial charge on any atom is 0.162 e. The van der Waals surface area contributed by atoms with Gasteiger partial charge in [-0.25, -0.2) is 8.78 Å². The van der Waals surface area contributed by atoms with Crippen molar-refractivity contribution in [3.63, 3.8) is 0 Å². The van der Waals surface area contributed by atoms with Crippen molar-refractivity contribution in [1.82, 2.24) is 0 Å². The first-order valence-electron chi connectivity index (χ1n) is 4.52. The van der Waals surface area contributed by atoms with Crippen LogP contribution < -0.4 is 0 Å². The zero-order chi connectivity index (χ0) is 10.0. The molecular weight excluding hydrogens is 170 g/mol. The smallest absolute Gasteiger partial charge is 0.162 e. The van der Waals surface area contributed by atoms with Gasteiger partial charge in [-0.15, -0.1) is 0 Å². The second-order valence-electron chi connectivity index (χ2n) is 3.38. The van der Waals surface area contributed by atoms with Crippen LogP contribution in [0.15, 0.2) is 12.1 Å². The molecule has 1 aromatic rings. The lowest BCUT2D eigenvalue weighted by atomic mass is 9.94. The number of hydrogen-bond donors (Lipinski definition) is 0. The van der Waals surface area contributed by atoms with Crippen molar-refractivity contribution in [2.24, 2.45) is 0 Å². The highest BCUT2D eigenvalue weighted by Gasteiger charge is 2.12. The summed E-state index contributed by atoms with van der Waals surface area (Å²) in [5.41, 5.74) is 1.34. The second-order valence-corrected chi connectivity index (χ2v) is 3.38. The summed E-state index contributed by atoms with van der Waals surface area (Å²) in [6, 6.07) is 2.87. The molecule has 0 aliphatic heterocycles. The molecule has 0 spiro atoms. The summed E-state index contributed by atoms with van der Waals surface area (Å²) >= 11 is 0. The van der Waals surface area contributed by atoms with Crippen molar-refractivity contribution in [1.29, 1.82) is 0 Å². The molecule has 72 valence electrons. The van der Waals surface area contributed by atoms with E-state index in [1.54, 1.807) is 13.0 Å². The number of halogens is 2. The standard InChI is InChI=1S/C11H14F2/c1-4-7(2)9-5-6-10(12)11(13)8(9)3/h5-7H,4H2,1-3H3. The molecule has 0 N–H and O–H groups in total. The van der Waals surface area contributed by atoms with Crippen molar-refractivity contribution in [3.8, 4) is 0 Å². The molecule has 1 aromatic carbocycles. The Bertz CT molecular complexity index is 305. The van der Waals surface area contributed by atoms with Gasteiger partial charge in [0.15, 0.2) is 11.6 Å². The molecule has 0 radical (unpaired) electrons. The first-order chi connectivity index (χ1) is 6.07. The fourth-order valence-corrected chi connectivity index (χ4v) is 1.42. The van der Waals surface area contributed by atoms with Crippen molar-refractivity contribution in [2.45, 2.75) is 33.1 Å². The van der Waals surface area contributed by atoms with Gasteiger partial charge in [-0.05, 0) is 36.5 Å². The molecular formula is C11H14F2. The predicted octanol–water partition coefficient (Wildman–Crippen LogP) is 3.79. The highest BCUT2D eigenvalue weighted by molar-refractivity contribution is 5.30. The van der Waals surface area contributed by atoms with Crippen molar-refractivity contribution >= 4 is 0 Å². The van der Waals surface area contributed by atoms with Gasteiger partial charge in [0.1, 0.15) is 0 Å². The summed E-state index contributed by atoms with van der Waals surface area (Å²) in [4.78, 5) is 0. The molecule has 0 aromatic heterocycles. The maximum atomic E-state index is 13.1. The zero-order valence-electron chi connectivity index (χ0n) is 8.20. The molecule has 0 aliphatic carbocycles. The zero-order valence-corrected chi connectivity index (χ0v) is 8.20. The second kappa shape index (κ2) is 3.86. The van der Waals surface area contributed by atoms with E-state index >= 15 is 0 Å². The van der Waals surface area contributed by atoms with E-state index in [4.69, 9.17) is 0 Å². The minimum absolute atomic E-state index is 0.287. The SMILES string of the molecule is CCC(C)c1ccc(F)c(F)c1C. The van der Waals surface area contributed by atoms with Crippen LogP contribution in [0, 0.1) is 18.6 Å². The molecule has 0 amide bonds. The summed E-state index contributed by atoms with van der Waals surface area (Å²) in [6.07, 6.45) is 0.936. The van der Waals surface area contributed by atoms with Crippen LogP contribution in [0.25, 0.3) is 0 Å². The number of rotatable bonds is 2. The molecule has 0 fully saturated rings. The van der Waals surface area contributed by atoms with Gasteiger partial charge >= 0.3 is 0 Å². The molecule has 0 bridgehead atoms. The van der Waals surface area contributed by atoms with Crippen LogP contribution in [-0.4, -0.2) is 0 Å². The number of benzene rings is 1. The molecule has 0 nitrogen and oxygen atoms in total. The van der Waals surface area contributed by atoms with Crippen LogP contribution >= 0.6 is 0 Å². The summed E-state index contributed by atoms with van der Waals surface area (Å²) in [7, 11) is 0. The first-order valence-corrected chi connectivity index (χ1v) is 4.52. The summed E-state index contributed by atoms with van der Waals surface area (Å²) in [6.45, 7) is 5.67. The van der Waals surface area contributed by atoms with Crippen LogP contribution in [0.4, 0.5) is 8.78 Å². The van der Waals surface area contributed by atoms with E-state index in [1.165, 1.54) is 6.07 Å². The molecule has 0 saturated heterocycles. The quantitative estimate of drug-likeness (QED) is 0.656. The fraction of sp³-hybridized carbons (Fsp3) is 0.455. The molecule has 2 heteroatoms. The highest BCUT2D eigenvalue weighted by Crippen LogP contribution is 2.25. The molecule has 1 rings (SSSR count). The van der Waals surface area contributed by atoms with Gasteiger partial charge in [0.05, 0.1) is 0 Å². The van der Waals surface area contributed by atoms with E-state index in [0.717, 1.165) is 12.0 Å². The Labute approximate surface area is 77.6 Å². The fourth-order valence-electron chi connectivity index (χ4n) is 1.42. The van der Waals surface area contributed by atoms with Crippen LogP contribution in [0.3, 0.4) is 0 Å². The van der Waals surface area contributed by atoms with Gasteiger partial charge in [-0.1, -0.05) is 19.9 Å². The van der Waals surface area contributed by atoms with Crippen LogP contribution in [-0.2, 0) is 0 Å². The maximum absolute atomic E-state index is 13.1. The van der Waals surface area contributed by atoms with E-state index in [-0.39, 0.29) is 5.92 Å². The summed E-state index contributed by atoms with van der Waals surface area (Å²) in [5, 5.41) is 0. The Balaban J connectivity index is 3.18. The minimum atomic E-state index is -0.760. The molecule has 1 unspecified atom stereocenters. The topological polar surface area (TPSA) is 0 Å². The Morgan fingerprint density at radius 2 is 1.92 bits per heavy atom. The largest absolute Gasteiger partial charge is 0.204 e. The third kappa shape index (κ3) is 1.87. The van der Waals surface area contributed by atoms with Gasteiger partial charge in [-0.2, -0.15) is 0 Å². The van der Waals surface area contributed by atoms with E-state index in [9.17, 15) is 8.78 Å². The van der Waals surface area contributed by atoms with Crippen LogP contribution in [0.2, 0.25) is 0 Å². The van der Waals surface area contributed by atoms with Gasteiger partial charge in [-0.3, -0.25) is 0 Å². The van der Waals surface area contributed by atoms with Gasteiger partial charge in [0, 0.05) is 0 Å². The van der Waals surface area contributed by atoms with Crippen LogP contribution in [0.5, 0.6) is 0 Å². The van der Waals surface area contributed by atoms with Crippen molar-refractivity contribution in [3.05, 3.63) is 34.9 Å². The predicted molar refractivity (Wildman–Crippen MR) is 49.8 cm³/mol. The average molecular weight is 184 g/mol. The minimum Gasteiger partial charge on any atom is -0.204 e. The lowest BCUT2D eigenvalue weighted by molar-refractivity contribution is 0.499. The van der Waals surface area contributed by atoms with Crippen molar-refractivity contribution in [2.75, 3.05) is 0 Å². The average Bonchev–Trinajstić information content (AvgIpc) is 2.13. The lowest BCUT2D eigenvalue weighted by Crippen LogP contribution is -1.99. The summed E-state index contributed by atoms with van der Waals surface area (Å²) < 4.78 is 25.9. The van der Waals surface area contributed by atoms with E-state index < -0.39 is 11.6 Å². The van der Waals surface area contributed by atoms with Gasteiger partial charge in [0.25, 0.3) is 0 Å². The molecule has 0 aliphatic rings. The lowest BCUT2D eigenvalue weighted by Gasteiger charge is -2.12. The Kier molecular flexibility index (Phi) is 3.02. The highest BCUT2D eigenvalue weighted by atomic mass is 19.2. The molecule has 1 atom stereocenters. The molecule has 0 heterocycles. The van der Waals surface area contributed by atoms with Crippen molar-refractivity contribution < 1.29 is 8.78 Å². The first kappa shape index (κ1) is 10.2. The Morgan fingerprint density at radius 3 is 2.46 bits per heavy atom. The Hall–Kier alpha value is -0.920. The summed E-state index contributed by atoms with van der Waals surface area (Å²) in [5.74, 6) is -1.18. The third-order valence-electron chi connectivity index (χ3n) is 2.52. The normalized spacial score (nSPS) is 13.0. The van der Waals surface area contributed by atoms with Gasteiger partial charge in [0.2, 0.25) is 0 Å². The van der Waals surface area contributed by atoms with Crippen LogP contribution in [0.1, 0.15) is 37.3 Å². The monoisotopic (exact) mass is 184 g/mol. The number of hydrogen-bond acceptors (Lipinski definition) is 0. The Morgan fingerprint density at radius 1 is 1.31 bits per heavy atom. The van der Waals surface area contributed by atoms with E-state index in [1.807, 2.05) is 13.8 Å².